The van der Waals surface area contributed by atoms with Gasteiger partial charge in [0.05, 0.1) is 26.2 Å². The summed E-state index contributed by atoms with van der Waals surface area (Å²) < 4.78 is 83.4. The van der Waals surface area contributed by atoms with Crippen LogP contribution in [0.2, 0.25) is 0 Å². The van der Waals surface area contributed by atoms with E-state index in [4.69, 9.17) is 0 Å². The van der Waals surface area contributed by atoms with E-state index in [1.54, 1.807) is 0 Å². The summed E-state index contributed by atoms with van der Waals surface area (Å²) in [6.07, 6.45) is 4.47. The second-order valence-electron chi connectivity index (χ2n) is 7.51. The molecule has 178 valence electrons. The third-order valence-corrected chi connectivity index (χ3v) is 6.69. The highest BCUT2D eigenvalue weighted by Gasteiger charge is 2.60. The summed E-state index contributed by atoms with van der Waals surface area (Å²) in [5.74, 6) is -4.81. The predicted molar refractivity (Wildman–Crippen MR) is 109 cm³/mol. The maximum atomic E-state index is 13.0. The van der Waals surface area contributed by atoms with E-state index in [-0.39, 0.29) is 6.42 Å². The van der Waals surface area contributed by atoms with Gasteiger partial charge in [0.15, 0.2) is 10.1 Å². The summed E-state index contributed by atoms with van der Waals surface area (Å²) in [6.45, 7) is 16.3. The van der Waals surface area contributed by atoms with E-state index in [0.29, 0.717) is 12.8 Å². The second-order valence-corrected chi connectivity index (χ2v) is 8.93. The Balaban J connectivity index is 0. The molecule has 0 atom stereocenters. The van der Waals surface area contributed by atoms with Crippen molar-refractivity contribution in [1.82, 2.24) is 0 Å². The van der Waals surface area contributed by atoms with E-state index in [9.17, 15) is 30.5 Å². The molecule has 0 saturated carbocycles. The van der Waals surface area contributed by atoms with Crippen molar-refractivity contribution >= 4 is 10.1 Å². The molecule has 0 fully saturated rings. The zero-order valence-corrected chi connectivity index (χ0v) is 19.6. The number of hydrogen-bond acceptors (Lipinski definition) is 3. The van der Waals surface area contributed by atoms with E-state index in [1.807, 2.05) is 0 Å². The van der Waals surface area contributed by atoms with Gasteiger partial charge >= 0.3 is 11.2 Å². The molecule has 9 heteroatoms. The lowest BCUT2D eigenvalue weighted by Crippen LogP contribution is -2.47. The van der Waals surface area contributed by atoms with E-state index in [1.165, 1.54) is 30.7 Å². The molecule has 0 bridgehead atoms. The molecule has 0 aliphatic rings. The van der Waals surface area contributed by atoms with Crippen LogP contribution in [0, 0.1) is 0 Å². The number of halogens is 4. The average molecular weight is 452 g/mol. The molecule has 0 radical (unpaired) electrons. The van der Waals surface area contributed by atoms with Gasteiger partial charge in [0.2, 0.25) is 0 Å². The molecule has 0 heterocycles. The summed E-state index contributed by atoms with van der Waals surface area (Å²) >= 11 is 0. The minimum Gasteiger partial charge on any atom is -0.743 e. The van der Waals surface area contributed by atoms with Crippen molar-refractivity contribution in [1.29, 1.82) is 0 Å². The number of nitrogens with zero attached hydrogens (tertiary/aromatic N) is 1. The van der Waals surface area contributed by atoms with Crippen LogP contribution in [0.4, 0.5) is 17.6 Å². The summed E-state index contributed by atoms with van der Waals surface area (Å²) in [7, 11) is -6.35. The van der Waals surface area contributed by atoms with E-state index in [2.05, 4.69) is 34.6 Å². The van der Waals surface area contributed by atoms with E-state index < -0.39 is 27.7 Å². The summed E-state index contributed by atoms with van der Waals surface area (Å²) in [4.78, 5) is 0. The van der Waals surface area contributed by atoms with Crippen LogP contribution >= 0.6 is 0 Å². The molecule has 0 aliphatic heterocycles. The van der Waals surface area contributed by atoms with Gasteiger partial charge in [-0.2, -0.15) is 17.6 Å². The molecule has 0 amide bonds. The minimum absolute atomic E-state index is 0.230. The minimum atomic E-state index is -6.35. The number of hydrogen-bond donors (Lipinski definition) is 0. The van der Waals surface area contributed by atoms with Crippen LogP contribution in [0.1, 0.15) is 92.4 Å². The molecule has 4 nitrogen and oxygen atoms in total. The lowest BCUT2D eigenvalue weighted by molar-refractivity contribution is -0.921. The van der Waals surface area contributed by atoms with Gasteiger partial charge < -0.3 is 9.04 Å². The first kappa shape index (κ1) is 30.8. The molecule has 0 rings (SSSR count). The fourth-order valence-electron chi connectivity index (χ4n) is 3.15. The van der Waals surface area contributed by atoms with Gasteiger partial charge in [0.1, 0.15) is 0 Å². The molecule has 0 aromatic rings. The zero-order valence-electron chi connectivity index (χ0n) is 18.8. The molecule has 0 spiro atoms. The first-order valence-electron chi connectivity index (χ1n) is 10.9. The van der Waals surface area contributed by atoms with Gasteiger partial charge in [0.25, 0.3) is 0 Å². The van der Waals surface area contributed by atoms with Crippen LogP contribution in [0.25, 0.3) is 0 Å². The van der Waals surface area contributed by atoms with Crippen molar-refractivity contribution in [2.45, 2.75) is 104 Å². The highest BCUT2D eigenvalue weighted by atomic mass is 32.2. The number of rotatable bonds is 15. The monoisotopic (exact) mass is 451 g/mol. The molecule has 0 aromatic heterocycles. The van der Waals surface area contributed by atoms with Crippen LogP contribution in [-0.2, 0) is 10.1 Å². The van der Waals surface area contributed by atoms with Crippen LogP contribution < -0.4 is 0 Å². The van der Waals surface area contributed by atoms with Crippen molar-refractivity contribution in [3.63, 3.8) is 0 Å². The maximum Gasteiger partial charge on any atom is 0.396 e. The zero-order chi connectivity index (χ0) is 23.2. The van der Waals surface area contributed by atoms with Crippen LogP contribution in [0.5, 0.6) is 0 Å². The van der Waals surface area contributed by atoms with Crippen molar-refractivity contribution < 1.29 is 35.0 Å². The Bertz CT molecular complexity index is 492. The first-order chi connectivity index (χ1) is 13.3. The first-order valence-corrected chi connectivity index (χ1v) is 12.3. The molecule has 0 aliphatic carbocycles. The SMILES string of the molecule is CCCCCCCCCCC(F)(F)C(F)(F)S(=O)(=O)[O-].CC[N+](CC)(CC)CC. The van der Waals surface area contributed by atoms with Crippen molar-refractivity contribution in [2.24, 2.45) is 0 Å². The Morgan fingerprint density at radius 3 is 1.31 bits per heavy atom. The summed E-state index contributed by atoms with van der Waals surface area (Å²) in [6, 6.07) is 0. The molecule has 29 heavy (non-hydrogen) atoms. The quantitative estimate of drug-likeness (QED) is 0.129. The Morgan fingerprint density at radius 1 is 0.690 bits per heavy atom. The second kappa shape index (κ2) is 14.6. The smallest absolute Gasteiger partial charge is 0.396 e. The number of alkyl halides is 4. The summed E-state index contributed by atoms with van der Waals surface area (Å²) in [5, 5.41) is -5.54. The highest BCUT2D eigenvalue weighted by Crippen LogP contribution is 2.41. The van der Waals surface area contributed by atoms with Gasteiger partial charge in [-0.3, -0.25) is 0 Å². The van der Waals surface area contributed by atoms with E-state index >= 15 is 0 Å². The topological polar surface area (TPSA) is 57.2 Å². The largest absolute Gasteiger partial charge is 0.743 e. The molecule has 0 saturated heterocycles. The van der Waals surface area contributed by atoms with E-state index in [0.717, 1.165) is 32.1 Å². The van der Waals surface area contributed by atoms with Crippen LogP contribution in [-0.4, -0.2) is 54.8 Å². The lowest BCUT2D eigenvalue weighted by atomic mass is 10.1. The van der Waals surface area contributed by atoms with Gasteiger partial charge in [-0.05, 0) is 34.1 Å². The Morgan fingerprint density at radius 2 is 1.03 bits per heavy atom. The van der Waals surface area contributed by atoms with Crippen molar-refractivity contribution in [3.8, 4) is 0 Å². The number of unbranched alkanes of at least 4 members (excludes halogenated alkanes) is 7. The van der Waals surface area contributed by atoms with Gasteiger partial charge in [0, 0.05) is 6.42 Å². The van der Waals surface area contributed by atoms with Gasteiger partial charge in [-0.15, -0.1) is 0 Å². The van der Waals surface area contributed by atoms with Gasteiger partial charge in [-0.1, -0.05) is 51.9 Å². The molecular weight excluding hydrogens is 410 g/mol. The fourth-order valence-corrected chi connectivity index (χ4v) is 3.62. The Hall–Kier alpha value is -0.410. The predicted octanol–water partition coefficient (Wildman–Crippen LogP) is 6.17. The molecule has 0 aromatic carbocycles. The van der Waals surface area contributed by atoms with Gasteiger partial charge in [-0.25, -0.2) is 8.42 Å². The number of quaternary nitrogens is 1. The van der Waals surface area contributed by atoms with Crippen LogP contribution in [0.3, 0.4) is 0 Å². The Labute approximate surface area is 175 Å². The lowest BCUT2D eigenvalue weighted by Gasteiger charge is -2.34. The average Bonchev–Trinajstić information content (AvgIpc) is 2.66. The summed E-state index contributed by atoms with van der Waals surface area (Å²) in [5.41, 5.74) is 0. The van der Waals surface area contributed by atoms with Crippen molar-refractivity contribution in [3.05, 3.63) is 0 Å². The Kier molecular flexibility index (Phi) is 15.5. The normalized spacial score (nSPS) is 13.2. The fraction of sp³-hybridized carbons (Fsp3) is 1.00. The molecule has 0 N–H and O–H groups in total. The molecule has 0 unspecified atom stereocenters. The maximum absolute atomic E-state index is 13.0. The molecular formula is C20H41F4NO3S. The third-order valence-electron chi connectivity index (χ3n) is 5.77. The third kappa shape index (κ3) is 11.0. The standard InChI is InChI=1S/C12H22F4O3S.C8H20N/c1-2-3-4-5-6-7-8-9-10-11(13,14)12(15,16)20(17,18)19;1-5-9(6-2,7-3)8-4/h2-10H2,1H3,(H,17,18,19);5-8H2,1-4H3/q;+1/p-1. The highest BCUT2D eigenvalue weighted by molar-refractivity contribution is 7.86. The van der Waals surface area contributed by atoms with Crippen LogP contribution in [0.15, 0.2) is 0 Å². The van der Waals surface area contributed by atoms with Crippen molar-refractivity contribution in [2.75, 3.05) is 26.2 Å².